The van der Waals surface area contributed by atoms with E-state index in [9.17, 15) is 9.59 Å². The molecule has 4 N–H and O–H groups in total. The molecule has 0 saturated carbocycles. The van der Waals surface area contributed by atoms with Crippen molar-refractivity contribution in [3.05, 3.63) is 29.8 Å². The van der Waals surface area contributed by atoms with Crippen LogP contribution in [0.4, 0.5) is 5.69 Å². The lowest BCUT2D eigenvalue weighted by atomic mass is 10.1. The van der Waals surface area contributed by atoms with E-state index in [0.717, 1.165) is 12.0 Å². The first-order chi connectivity index (χ1) is 9.01. The number of nitrogens with one attached hydrogen (secondary N) is 2. The van der Waals surface area contributed by atoms with Crippen molar-refractivity contribution in [2.75, 3.05) is 11.9 Å². The summed E-state index contributed by atoms with van der Waals surface area (Å²) in [4.78, 5) is 22.4. The van der Waals surface area contributed by atoms with Crippen LogP contribution >= 0.6 is 0 Å². The number of hydrogen-bond donors (Lipinski definition) is 3. The Kier molecular flexibility index (Phi) is 6.02. The number of hydrogen-bond acceptors (Lipinski definition) is 3. The maximum absolute atomic E-state index is 11.6. The van der Waals surface area contributed by atoms with Crippen molar-refractivity contribution < 1.29 is 9.59 Å². The van der Waals surface area contributed by atoms with Crippen LogP contribution in [0.25, 0.3) is 0 Å². The van der Waals surface area contributed by atoms with Crippen LogP contribution in [-0.2, 0) is 16.0 Å². The van der Waals surface area contributed by atoms with Crippen LogP contribution in [-0.4, -0.2) is 24.4 Å². The first-order valence-corrected chi connectivity index (χ1v) is 6.41. The number of amides is 2. The Morgan fingerprint density at radius 2 is 1.89 bits per heavy atom. The first-order valence-electron chi connectivity index (χ1n) is 6.41. The van der Waals surface area contributed by atoms with Crippen molar-refractivity contribution in [1.29, 1.82) is 0 Å². The molecule has 0 saturated heterocycles. The Morgan fingerprint density at radius 1 is 1.26 bits per heavy atom. The van der Waals surface area contributed by atoms with Crippen molar-refractivity contribution in [3.8, 4) is 0 Å². The zero-order valence-electron chi connectivity index (χ0n) is 11.4. The van der Waals surface area contributed by atoms with Gasteiger partial charge in [-0.25, -0.2) is 0 Å². The zero-order valence-corrected chi connectivity index (χ0v) is 11.4. The highest BCUT2D eigenvalue weighted by Crippen LogP contribution is 2.09. The topological polar surface area (TPSA) is 84.2 Å². The molecule has 1 unspecified atom stereocenters. The van der Waals surface area contributed by atoms with Gasteiger partial charge in [-0.15, -0.1) is 0 Å². The molecule has 0 bridgehead atoms. The van der Waals surface area contributed by atoms with E-state index in [1.54, 1.807) is 24.3 Å². The average Bonchev–Trinajstić information content (AvgIpc) is 2.37. The van der Waals surface area contributed by atoms with Gasteiger partial charge in [0.1, 0.15) is 0 Å². The highest BCUT2D eigenvalue weighted by Gasteiger charge is 2.05. The number of rotatable bonds is 7. The first kappa shape index (κ1) is 15.2. The zero-order chi connectivity index (χ0) is 14.3. The molecule has 1 aromatic rings. The lowest BCUT2D eigenvalue weighted by Crippen LogP contribution is -2.33. The highest BCUT2D eigenvalue weighted by atomic mass is 16.2. The second-order valence-corrected chi connectivity index (χ2v) is 4.58. The van der Waals surface area contributed by atoms with Gasteiger partial charge in [-0.05, 0) is 31.0 Å². The van der Waals surface area contributed by atoms with Crippen LogP contribution < -0.4 is 16.4 Å². The van der Waals surface area contributed by atoms with E-state index in [1.165, 1.54) is 0 Å². The molecule has 0 aliphatic carbocycles. The number of carbonyl (C=O) groups is 2. The predicted molar refractivity (Wildman–Crippen MR) is 75.7 cm³/mol. The number of primary amides is 1. The quantitative estimate of drug-likeness (QED) is 0.687. The predicted octanol–water partition coefficient (Wildman–Crippen LogP) is 1.04. The summed E-state index contributed by atoms with van der Waals surface area (Å²) >= 11 is 0. The lowest BCUT2D eigenvalue weighted by molar-refractivity contribution is -0.117. The molecule has 5 heteroatoms. The summed E-state index contributed by atoms with van der Waals surface area (Å²) in [6, 6.07) is 7.41. The minimum atomic E-state index is -0.366. The van der Waals surface area contributed by atoms with Crippen LogP contribution in [0.5, 0.6) is 0 Å². The summed E-state index contributed by atoms with van der Waals surface area (Å²) in [7, 11) is 0. The molecular formula is C14H21N3O2. The van der Waals surface area contributed by atoms with Crippen LogP contribution in [0, 0.1) is 0 Å². The van der Waals surface area contributed by atoms with E-state index in [2.05, 4.69) is 17.6 Å². The van der Waals surface area contributed by atoms with Crippen molar-refractivity contribution in [3.63, 3.8) is 0 Å². The fourth-order valence-electron chi connectivity index (χ4n) is 1.52. The van der Waals surface area contributed by atoms with Gasteiger partial charge < -0.3 is 16.4 Å². The van der Waals surface area contributed by atoms with Gasteiger partial charge in [-0.3, -0.25) is 9.59 Å². The van der Waals surface area contributed by atoms with Crippen molar-refractivity contribution in [2.45, 2.75) is 32.7 Å². The van der Waals surface area contributed by atoms with E-state index in [-0.39, 0.29) is 24.8 Å². The normalized spacial score (nSPS) is 11.9. The SMILES string of the molecule is CCC(C)NCC(=O)Nc1ccc(CC(N)=O)cc1. The Balaban J connectivity index is 2.44. The molecule has 19 heavy (non-hydrogen) atoms. The molecule has 0 fully saturated rings. The summed E-state index contributed by atoms with van der Waals surface area (Å²) in [5, 5.41) is 5.90. The van der Waals surface area contributed by atoms with Crippen LogP contribution in [0.1, 0.15) is 25.8 Å². The van der Waals surface area contributed by atoms with E-state index >= 15 is 0 Å². The maximum Gasteiger partial charge on any atom is 0.238 e. The smallest absolute Gasteiger partial charge is 0.238 e. The second-order valence-electron chi connectivity index (χ2n) is 4.58. The van der Waals surface area contributed by atoms with E-state index in [1.807, 2.05) is 6.92 Å². The fraction of sp³-hybridized carbons (Fsp3) is 0.429. The van der Waals surface area contributed by atoms with Gasteiger partial charge in [0, 0.05) is 11.7 Å². The standard InChI is InChI=1S/C14H21N3O2/c1-3-10(2)16-9-14(19)17-12-6-4-11(5-7-12)8-13(15)18/h4-7,10,16H,3,8-9H2,1-2H3,(H2,15,18)(H,17,19). The molecule has 0 aliphatic heterocycles. The fourth-order valence-corrected chi connectivity index (χ4v) is 1.52. The Labute approximate surface area is 113 Å². The summed E-state index contributed by atoms with van der Waals surface area (Å²) in [5.41, 5.74) is 6.66. The summed E-state index contributed by atoms with van der Waals surface area (Å²) in [6.07, 6.45) is 1.19. The third-order valence-corrected chi connectivity index (χ3v) is 2.84. The van der Waals surface area contributed by atoms with Crippen molar-refractivity contribution >= 4 is 17.5 Å². The van der Waals surface area contributed by atoms with Gasteiger partial charge in [0.05, 0.1) is 13.0 Å². The average molecular weight is 263 g/mol. The van der Waals surface area contributed by atoms with E-state index < -0.39 is 0 Å². The van der Waals surface area contributed by atoms with Gasteiger partial charge in [0.2, 0.25) is 11.8 Å². The van der Waals surface area contributed by atoms with E-state index in [0.29, 0.717) is 11.7 Å². The summed E-state index contributed by atoms with van der Waals surface area (Å²) in [6.45, 7) is 4.39. The number of anilines is 1. The summed E-state index contributed by atoms with van der Waals surface area (Å²) in [5.74, 6) is -0.447. The second kappa shape index (κ2) is 7.53. The minimum Gasteiger partial charge on any atom is -0.369 e. The van der Waals surface area contributed by atoms with Crippen LogP contribution in [0.3, 0.4) is 0 Å². The molecule has 0 radical (unpaired) electrons. The molecule has 0 aliphatic rings. The largest absolute Gasteiger partial charge is 0.369 e. The van der Waals surface area contributed by atoms with Gasteiger partial charge in [-0.1, -0.05) is 19.1 Å². The minimum absolute atomic E-state index is 0.0806. The van der Waals surface area contributed by atoms with Gasteiger partial charge >= 0.3 is 0 Å². The van der Waals surface area contributed by atoms with Gasteiger partial charge in [0.25, 0.3) is 0 Å². The molecule has 104 valence electrons. The molecule has 0 heterocycles. The van der Waals surface area contributed by atoms with E-state index in [4.69, 9.17) is 5.73 Å². The molecule has 0 spiro atoms. The number of carbonyl (C=O) groups excluding carboxylic acids is 2. The van der Waals surface area contributed by atoms with Gasteiger partial charge in [-0.2, -0.15) is 0 Å². The molecule has 2 amide bonds. The van der Waals surface area contributed by atoms with Crippen molar-refractivity contribution in [1.82, 2.24) is 5.32 Å². The number of nitrogens with two attached hydrogens (primary N) is 1. The third-order valence-electron chi connectivity index (χ3n) is 2.84. The Hall–Kier alpha value is -1.88. The molecule has 1 atom stereocenters. The van der Waals surface area contributed by atoms with Crippen molar-refractivity contribution in [2.24, 2.45) is 5.73 Å². The monoisotopic (exact) mass is 263 g/mol. The van der Waals surface area contributed by atoms with Crippen LogP contribution in [0.2, 0.25) is 0 Å². The van der Waals surface area contributed by atoms with Gasteiger partial charge in [0.15, 0.2) is 0 Å². The van der Waals surface area contributed by atoms with Crippen LogP contribution in [0.15, 0.2) is 24.3 Å². The number of benzene rings is 1. The Morgan fingerprint density at radius 3 is 2.42 bits per heavy atom. The molecular weight excluding hydrogens is 242 g/mol. The third kappa shape index (κ3) is 6.01. The molecule has 0 aromatic heterocycles. The maximum atomic E-state index is 11.6. The highest BCUT2D eigenvalue weighted by molar-refractivity contribution is 5.92. The molecule has 1 rings (SSSR count). The molecule has 1 aromatic carbocycles. The summed E-state index contributed by atoms with van der Waals surface area (Å²) < 4.78 is 0. The Bertz CT molecular complexity index is 429. The molecule has 5 nitrogen and oxygen atoms in total. The lowest BCUT2D eigenvalue weighted by Gasteiger charge is -2.11.